The molecule has 0 aliphatic rings. The third-order valence-electron chi connectivity index (χ3n) is 2.73. The Kier molecular flexibility index (Phi) is 6.82. The van der Waals surface area contributed by atoms with Crippen LogP contribution in [-0.4, -0.2) is 36.1 Å². The number of rotatable bonds is 8. The van der Waals surface area contributed by atoms with Crippen LogP contribution in [0.3, 0.4) is 0 Å². The minimum Gasteiger partial charge on any atom is -0.311 e. The summed E-state index contributed by atoms with van der Waals surface area (Å²) in [5.74, 6) is 0.744. The average molecular weight is 235 g/mol. The van der Waals surface area contributed by atoms with Crippen molar-refractivity contribution in [2.45, 2.75) is 27.3 Å². The standard InChI is InChI=1S/C14H25N3/c1-4-17(12-13(2)3)9-8-16-11-14-6-5-7-15-10-14/h5-7,10,13,16H,4,8-9,11-12H2,1-3H3. The minimum absolute atomic E-state index is 0.744. The molecular formula is C14H25N3. The molecule has 3 nitrogen and oxygen atoms in total. The van der Waals surface area contributed by atoms with Gasteiger partial charge in [0, 0.05) is 38.6 Å². The quantitative estimate of drug-likeness (QED) is 0.700. The van der Waals surface area contributed by atoms with Crippen LogP contribution in [0, 0.1) is 5.92 Å². The Morgan fingerprint density at radius 1 is 1.41 bits per heavy atom. The number of pyridine rings is 1. The fourth-order valence-electron chi connectivity index (χ4n) is 1.87. The van der Waals surface area contributed by atoms with Crippen LogP contribution < -0.4 is 5.32 Å². The molecule has 1 rings (SSSR count). The normalized spacial score (nSPS) is 11.4. The van der Waals surface area contributed by atoms with Gasteiger partial charge in [0.05, 0.1) is 0 Å². The predicted octanol–water partition coefficient (Wildman–Crippen LogP) is 2.15. The van der Waals surface area contributed by atoms with E-state index >= 15 is 0 Å². The largest absolute Gasteiger partial charge is 0.311 e. The number of nitrogens with zero attached hydrogens (tertiary/aromatic N) is 2. The highest BCUT2D eigenvalue weighted by molar-refractivity contribution is 5.07. The summed E-state index contributed by atoms with van der Waals surface area (Å²) >= 11 is 0. The highest BCUT2D eigenvalue weighted by atomic mass is 15.1. The van der Waals surface area contributed by atoms with Gasteiger partial charge >= 0.3 is 0 Å². The molecule has 0 aliphatic carbocycles. The predicted molar refractivity (Wildman–Crippen MR) is 72.9 cm³/mol. The van der Waals surface area contributed by atoms with Crippen LogP contribution in [0.4, 0.5) is 0 Å². The van der Waals surface area contributed by atoms with Crippen LogP contribution >= 0.6 is 0 Å². The molecule has 1 aromatic rings. The van der Waals surface area contributed by atoms with Gasteiger partial charge in [-0.25, -0.2) is 0 Å². The highest BCUT2D eigenvalue weighted by Crippen LogP contribution is 1.98. The summed E-state index contributed by atoms with van der Waals surface area (Å²) in [7, 11) is 0. The molecule has 0 atom stereocenters. The van der Waals surface area contributed by atoms with Crippen LogP contribution in [0.15, 0.2) is 24.5 Å². The maximum atomic E-state index is 4.10. The summed E-state index contributed by atoms with van der Waals surface area (Å²) in [5, 5.41) is 3.46. The Balaban J connectivity index is 2.14. The SMILES string of the molecule is CCN(CCNCc1cccnc1)CC(C)C. The maximum absolute atomic E-state index is 4.10. The first-order chi connectivity index (χ1) is 8.22. The summed E-state index contributed by atoms with van der Waals surface area (Å²) in [4.78, 5) is 6.59. The van der Waals surface area contributed by atoms with Gasteiger partial charge in [0.25, 0.3) is 0 Å². The molecule has 96 valence electrons. The highest BCUT2D eigenvalue weighted by Gasteiger charge is 2.03. The second kappa shape index (κ2) is 8.20. The minimum atomic E-state index is 0.744. The topological polar surface area (TPSA) is 28.2 Å². The summed E-state index contributed by atoms with van der Waals surface area (Å²) in [6.45, 7) is 12.1. The lowest BCUT2D eigenvalue weighted by atomic mass is 10.2. The molecule has 0 bridgehead atoms. The molecule has 0 fully saturated rings. The first kappa shape index (κ1) is 14.1. The molecule has 1 aromatic heterocycles. The second-order valence-electron chi connectivity index (χ2n) is 4.83. The summed E-state index contributed by atoms with van der Waals surface area (Å²) < 4.78 is 0. The third-order valence-corrected chi connectivity index (χ3v) is 2.73. The van der Waals surface area contributed by atoms with E-state index in [1.54, 1.807) is 0 Å². The van der Waals surface area contributed by atoms with Gasteiger partial charge in [-0.15, -0.1) is 0 Å². The number of nitrogens with one attached hydrogen (secondary N) is 1. The fraction of sp³-hybridized carbons (Fsp3) is 0.643. The first-order valence-corrected chi connectivity index (χ1v) is 6.54. The fourth-order valence-corrected chi connectivity index (χ4v) is 1.87. The van der Waals surface area contributed by atoms with Crippen molar-refractivity contribution in [2.24, 2.45) is 5.92 Å². The van der Waals surface area contributed by atoms with Gasteiger partial charge in [0.2, 0.25) is 0 Å². The lowest BCUT2D eigenvalue weighted by molar-refractivity contribution is 0.256. The number of aromatic nitrogens is 1. The van der Waals surface area contributed by atoms with E-state index in [0.717, 1.165) is 32.1 Å². The maximum Gasteiger partial charge on any atom is 0.0312 e. The zero-order valence-corrected chi connectivity index (χ0v) is 11.3. The van der Waals surface area contributed by atoms with Gasteiger partial charge in [-0.05, 0) is 24.1 Å². The van der Waals surface area contributed by atoms with Crippen molar-refractivity contribution in [2.75, 3.05) is 26.2 Å². The molecule has 0 spiro atoms. The second-order valence-corrected chi connectivity index (χ2v) is 4.83. The Morgan fingerprint density at radius 2 is 2.24 bits per heavy atom. The van der Waals surface area contributed by atoms with E-state index in [4.69, 9.17) is 0 Å². The van der Waals surface area contributed by atoms with Gasteiger partial charge in [-0.2, -0.15) is 0 Å². The average Bonchev–Trinajstić information content (AvgIpc) is 2.34. The zero-order chi connectivity index (χ0) is 12.5. The van der Waals surface area contributed by atoms with Gasteiger partial charge < -0.3 is 10.2 Å². The van der Waals surface area contributed by atoms with Gasteiger partial charge in [0.1, 0.15) is 0 Å². The van der Waals surface area contributed by atoms with Crippen molar-refractivity contribution in [3.63, 3.8) is 0 Å². The number of hydrogen-bond acceptors (Lipinski definition) is 3. The molecule has 0 amide bonds. The molecule has 0 saturated carbocycles. The molecule has 3 heteroatoms. The van der Waals surface area contributed by atoms with E-state index in [0.29, 0.717) is 0 Å². The number of hydrogen-bond donors (Lipinski definition) is 1. The van der Waals surface area contributed by atoms with Crippen LogP contribution in [0.25, 0.3) is 0 Å². The number of likely N-dealkylation sites (N-methyl/N-ethyl adjacent to an activating group) is 1. The lowest BCUT2D eigenvalue weighted by Gasteiger charge is -2.22. The first-order valence-electron chi connectivity index (χ1n) is 6.54. The van der Waals surface area contributed by atoms with Crippen molar-refractivity contribution in [1.82, 2.24) is 15.2 Å². The zero-order valence-electron chi connectivity index (χ0n) is 11.3. The van der Waals surface area contributed by atoms with Crippen LogP contribution in [0.2, 0.25) is 0 Å². The van der Waals surface area contributed by atoms with Crippen molar-refractivity contribution >= 4 is 0 Å². The third kappa shape index (κ3) is 6.39. The van der Waals surface area contributed by atoms with Crippen LogP contribution in [0.1, 0.15) is 26.3 Å². The van der Waals surface area contributed by atoms with Crippen LogP contribution in [-0.2, 0) is 6.54 Å². The van der Waals surface area contributed by atoms with Crippen molar-refractivity contribution in [3.05, 3.63) is 30.1 Å². The van der Waals surface area contributed by atoms with Crippen molar-refractivity contribution in [1.29, 1.82) is 0 Å². The van der Waals surface area contributed by atoms with E-state index < -0.39 is 0 Å². The smallest absolute Gasteiger partial charge is 0.0312 e. The van der Waals surface area contributed by atoms with Crippen LogP contribution in [0.5, 0.6) is 0 Å². The Labute approximate surface area is 105 Å². The van der Waals surface area contributed by atoms with Crippen molar-refractivity contribution in [3.8, 4) is 0 Å². The van der Waals surface area contributed by atoms with Gasteiger partial charge in [0.15, 0.2) is 0 Å². The van der Waals surface area contributed by atoms with E-state index in [1.165, 1.54) is 12.1 Å². The molecule has 0 radical (unpaired) electrons. The monoisotopic (exact) mass is 235 g/mol. The van der Waals surface area contributed by atoms with Gasteiger partial charge in [-0.1, -0.05) is 26.8 Å². The Bertz CT molecular complexity index is 285. The van der Waals surface area contributed by atoms with E-state index in [9.17, 15) is 0 Å². The van der Waals surface area contributed by atoms with E-state index in [1.807, 2.05) is 18.5 Å². The lowest BCUT2D eigenvalue weighted by Crippen LogP contribution is -2.34. The molecule has 1 heterocycles. The molecule has 1 N–H and O–H groups in total. The van der Waals surface area contributed by atoms with E-state index in [-0.39, 0.29) is 0 Å². The van der Waals surface area contributed by atoms with E-state index in [2.05, 4.69) is 42.0 Å². The molecular weight excluding hydrogens is 210 g/mol. The Morgan fingerprint density at radius 3 is 2.82 bits per heavy atom. The molecule has 0 saturated heterocycles. The summed E-state index contributed by atoms with van der Waals surface area (Å²) in [5.41, 5.74) is 1.25. The molecule has 0 aliphatic heterocycles. The van der Waals surface area contributed by atoms with Gasteiger partial charge in [-0.3, -0.25) is 4.98 Å². The Hall–Kier alpha value is -0.930. The molecule has 0 aromatic carbocycles. The molecule has 17 heavy (non-hydrogen) atoms. The summed E-state index contributed by atoms with van der Waals surface area (Å²) in [6, 6.07) is 4.08. The summed E-state index contributed by atoms with van der Waals surface area (Å²) in [6.07, 6.45) is 3.73. The molecule has 0 unspecified atom stereocenters. The van der Waals surface area contributed by atoms with Crippen molar-refractivity contribution < 1.29 is 0 Å².